The predicted molar refractivity (Wildman–Crippen MR) is 75.9 cm³/mol. The van der Waals surface area contributed by atoms with Gasteiger partial charge in [-0.2, -0.15) is 0 Å². The molecule has 0 spiro atoms. The molecule has 2 aliphatic heterocycles. The van der Waals surface area contributed by atoms with E-state index in [1.807, 2.05) is 30.3 Å². The van der Waals surface area contributed by atoms with Gasteiger partial charge in [-0.25, -0.2) is 0 Å². The largest absolute Gasteiger partial charge is 0.396 e. The molecule has 0 bridgehead atoms. The lowest BCUT2D eigenvalue weighted by Gasteiger charge is -2.17. The molecule has 3 rings (SSSR count). The summed E-state index contributed by atoms with van der Waals surface area (Å²) in [5.74, 6) is 0. The summed E-state index contributed by atoms with van der Waals surface area (Å²) in [6.45, 7) is 2.32. The van der Waals surface area contributed by atoms with Crippen LogP contribution in [0.3, 0.4) is 0 Å². The van der Waals surface area contributed by atoms with Crippen molar-refractivity contribution in [3.05, 3.63) is 35.9 Å². The van der Waals surface area contributed by atoms with Gasteiger partial charge in [-0.3, -0.25) is 0 Å². The zero-order valence-electron chi connectivity index (χ0n) is 12.0. The lowest BCUT2D eigenvalue weighted by Crippen LogP contribution is -2.34. The second kappa shape index (κ2) is 7.33. The molecule has 2 aliphatic rings. The molecular weight excluding hydrogens is 272 g/mol. The number of hydrogen-bond acceptors (Lipinski definition) is 5. The van der Waals surface area contributed by atoms with E-state index in [9.17, 15) is 0 Å². The van der Waals surface area contributed by atoms with Gasteiger partial charge in [-0.15, -0.1) is 0 Å². The Labute approximate surface area is 124 Å². The molecule has 1 N–H and O–H groups in total. The number of ether oxygens (including phenoxy) is 4. The first-order chi connectivity index (χ1) is 10.4. The molecule has 2 fully saturated rings. The van der Waals surface area contributed by atoms with Gasteiger partial charge in [0, 0.05) is 13.2 Å². The van der Waals surface area contributed by atoms with Crippen molar-refractivity contribution in [2.24, 2.45) is 0 Å². The number of benzene rings is 1. The Bertz CT molecular complexity index is 424. The quantitative estimate of drug-likeness (QED) is 0.764. The maximum atomic E-state index is 8.79. The average molecular weight is 294 g/mol. The summed E-state index contributed by atoms with van der Waals surface area (Å²) in [6, 6.07) is 10.1. The summed E-state index contributed by atoms with van der Waals surface area (Å²) in [5.41, 5.74) is 1.15. The Hall–Kier alpha value is -0.980. The minimum Gasteiger partial charge on any atom is -0.396 e. The van der Waals surface area contributed by atoms with Crippen molar-refractivity contribution in [2.75, 3.05) is 26.4 Å². The van der Waals surface area contributed by atoms with E-state index in [0.717, 1.165) is 5.56 Å². The van der Waals surface area contributed by atoms with Gasteiger partial charge in [0.05, 0.1) is 19.8 Å². The molecular formula is C16H22O5. The zero-order chi connectivity index (χ0) is 14.5. The number of hydrogen-bond donors (Lipinski definition) is 1. The maximum Gasteiger partial charge on any atom is 0.115 e. The smallest absolute Gasteiger partial charge is 0.115 e. The summed E-state index contributed by atoms with van der Waals surface area (Å²) in [4.78, 5) is 0. The third-order valence-electron chi connectivity index (χ3n) is 3.90. The Balaban J connectivity index is 1.47. The highest BCUT2D eigenvalue weighted by molar-refractivity contribution is 5.13. The average Bonchev–Trinajstić information content (AvgIpc) is 3.09. The Morgan fingerprint density at radius 3 is 2.33 bits per heavy atom. The lowest BCUT2D eigenvalue weighted by atomic mass is 10.1. The van der Waals surface area contributed by atoms with Gasteiger partial charge in [-0.05, 0) is 12.0 Å². The maximum absolute atomic E-state index is 8.79. The number of aliphatic hydroxyl groups is 1. The van der Waals surface area contributed by atoms with Crippen molar-refractivity contribution >= 4 is 0 Å². The number of fused-ring (bicyclic) bond motifs is 1. The van der Waals surface area contributed by atoms with Crippen molar-refractivity contribution in [1.29, 1.82) is 0 Å². The first-order valence-corrected chi connectivity index (χ1v) is 7.49. The van der Waals surface area contributed by atoms with Crippen LogP contribution in [0.25, 0.3) is 0 Å². The van der Waals surface area contributed by atoms with Gasteiger partial charge in [0.15, 0.2) is 0 Å². The summed E-state index contributed by atoms with van der Waals surface area (Å²) in [5, 5.41) is 8.79. The normalized spacial score (nSPS) is 31.5. The van der Waals surface area contributed by atoms with E-state index in [1.165, 1.54) is 0 Å². The predicted octanol–water partition coefficient (Wildman–Crippen LogP) is 1.14. The molecule has 0 amide bonds. The second-order valence-corrected chi connectivity index (χ2v) is 5.42. The van der Waals surface area contributed by atoms with E-state index in [4.69, 9.17) is 24.1 Å². The van der Waals surface area contributed by atoms with Gasteiger partial charge in [0.1, 0.15) is 24.4 Å². The van der Waals surface area contributed by atoms with Gasteiger partial charge in [0.25, 0.3) is 0 Å². The fourth-order valence-electron chi connectivity index (χ4n) is 2.79. The molecule has 0 unspecified atom stereocenters. The van der Waals surface area contributed by atoms with Crippen LogP contribution in [0.2, 0.25) is 0 Å². The minimum atomic E-state index is -0.0514. The van der Waals surface area contributed by atoms with Crippen LogP contribution in [0, 0.1) is 0 Å². The van der Waals surface area contributed by atoms with Crippen LogP contribution in [0.4, 0.5) is 0 Å². The lowest BCUT2D eigenvalue weighted by molar-refractivity contribution is -0.0557. The van der Waals surface area contributed by atoms with Crippen LogP contribution < -0.4 is 0 Å². The molecule has 5 nitrogen and oxygen atoms in total. The standard InChI is InChI=1S/C16H22O5/c17-7-4-8-18-13-10-20-16-14(11-21-15(13)16)19-9-12-5-2-1-3-6-12/h1-3,5-6,13-17H,4,7-11H2/t13-,14-,15-,16-/m1/s1. The summed E-state index contributed by atoms with van der Waals surface area (Å²) < 4.78 is 23.2. The molecule has 4 atom stereocenters. The molecule has 0 aromatic heterocycles. The zero-order valence-corrected chi connectivity index (χ0v) is 12.0. The highest BCUT2D eigenvalue weighted by Gasteiger charge is 2.48. The third-order valence-corrected chi connectivity index (χ3v) is 3.90. The van der Waals surface area contributed by atoms with Crippen LogP contribution >= 0.6 is 0 Å². The van der Waals surface area contributed by atoms with Crippen molar-refractivity contribution in [3.8, 4) is 0 Å². The molecule has 0 aliphatic carbocycles. The van der Waals surface area contributed by atoms with E-state index in [-0.39, 0.29) is 31.0 Å². The third kappa shape index (κ3) is 3.62. The fourth-order valence-corrected chi connectivity index (χ4v) is 2.79. The summed E-state index contributed by atoms with van der Waals surface area (Å²) >= 11 is 0. The van der Waals surface area contributed by atoms with Gasteiger partial charge in [-0.1, -0.05) is 30.3 Å². The van der Waals surface area contributed by atoms with E-state index in [2.05, 4.69) is 0 Å². The van der Waals surface area contributed by atoms with Crippen LogP contribution in [0.1, 0.15) is 12.0 Å². The van der Waals surface area contributed by atoms with Gasteiger partial charge >= 0.3 is 0 Å². The Kier molecular flexibility index (Phi) is 5.22. The summed E-state index contributed by atoms with van der Waals surface area (Å²) in [6.07, 6.45) is 0.452. The van der Waals surface area contributed by atoms with E-state index >= 15 is 0 Å². The molecule has 116 valence electrons. The molecule has 0 radical (unpaired) electrons. The molecule has 1 aromatic carbocycles. The molecule has 21 heavy (non-hydrogen) atoms. The topological polar surface area (TPSA) is 57.2 Å². The summed E-state index contributed by atoms with van der Waals surface area (Å²) in [7, 11) is 0. The molecule has 1 aromatic rings. The van der Waals surface area contributed by atoms with E-state index in [1.54, 1.807) is 0 Å². The van der Waals surface area contributed by atoms with Crippen LogP contribution in [-0.2, 0) is 25.6 Å². The van der Waals surface area contributed by atoms with Crippen molar-refractivity contribution < 1.29 is 24.1 Å². The highest BCUT2D eigenvalue weighted by atomic mass is 16.6. The first-order valence-electron chi connectivity index (χ1n) is 7.49. The van der Waals surface area contributed by atoms with Crippen LogP contribution in [0.5, 0.6) is 0 Å². The number of rotatable bonds is 7. The molecule has 5 heteroatoms. The fraction of sp³-hybridized carbons (Fsp3) is 0.625. The number of aliphatic hydroxyl groups excluding tert-OH is 1. The van der Waals surface area contributed by atoms with E-state index in [0.29, 0.717) is 32.8 Å². The molecule has 0 saturated carbocycles. The second-order valence-electron chi connectivity index (χ2n) is 5.42. The Morgan fingerprint density at radius 1 is 1.00 bits per heavy atom. The van der Waals surface area contributed by atoms with Crippen molar-refractivity contribution in [2.45, 2.75) is 37.4 Å². The SMILES string of the molecule is OCCCO[C@@H]1CO[C@H]2[C@@H]1OC[C@H]2OCc1ccccc1. The van der Waals surface area contributed by atoms with Crippen molar-refractivity contribution in [3.63, 3.8) is 0 Å². The van der Waals surface area contributed by atoms with E-state index < -0.39 is 0 Å². The molecule has 2 heterocycles. The monoisotopic (exact) mass is 294 g/mol. The minimum absolute atomic E-state index is 0.0401. The van der Waals surface area contributed by atoms with Crippen molar-refractivity contribution in [1.82, 2.24) is 0 Å². The van der Waals surface area contributed by atoms with Gasteiger partial charge in [0.2, 0.25) is 0 Å². The van der Waals surface area contributed by atoms with Gasteiger partial charge < -0.3 is 24.1 Å². The van der Waals surface area contributed by atoms with Crippen LogP contribution in [0.15, 0.2) is 30.3 Å². The highest BCUT2D eigenvalue weighted by Crippen LogP contribution is 2.31. The van der Waals surface area contributed by atoms with Crippen LogP contribution in [-0.4, -0.2) is 55.9 Å². The molecule has 2 saturated heterocycles. The Morgan fingerprint density at radius 2 is 1.67 bits per heavy atom. The first kappa shape index (κ1) is 14.9.